The van der Waals surface area contributed by atoms with Gasteiger partial charge in [-0.3, -0.25) is 0 Å². The van der Waals surface area contributed by atoms with Gasteiger partial charge in [0.25, 0.3) is 0 Å². The summed E-state index contributed by atoms with van der Waals surface area (Å²) in [5, 5.41) is 0. The first-order chi connectivity index (χ1) is 11.0. The van der Waals surface area contributed by atoms with Gasteiger partial charge in [0.1, 0.15) is 0 Å². The molecule has 1 fully saturated rings. The van der Waals surface area contributed by atoms with E-state index in [0.29, 0.717) is 18.6 Å². The SMILES string of the molecule is C=Cc1ccccc1/C=C(\CC1CO1)C(=O)OOC(=O)C(=C)C. The number of ether oxygens (including phenoxy) is 1. The van der Waals surface area contributed by atoms with Crippen LogP contribution < -0.4 is 0 Å². The van der Waals surface area contributed by atoms with Crippen LogP contribution in [0.1, 0.15) is 24.5 Å². The third-order valence-electron chi connectivity index (χ3n) is 3.20. The molecule has 5 heteroatoms. The fourth-order valence-corrected chi connectivity index (χ4v) is 1.85. The highest BCUT2D eigenvalue weighted by atomic mass is 17.2. The summed E-state index contributed by atoms with van der Waals surface area (Å²) in [7, 11) is 0. The Hall–Kier alpha value is -2.66. The molecule has 1 saturated heterocycles. The third-order valence-corrected chi connectivity index (χ3v) is 3.20. The van der Waals surface area contributed by atoms with Crippen LogP contribution >= 0.6 is 0 Å². The van der Waals surface area contributed by atoms with Crippen molar-refractivity contribution < 1.29 is 24.1 Å². The molecule has 1 unspecified atom stereocenters. The van der Waals surface area contributed by atoms with E-state index < -0.39 is 11.9 Å². The van der Waals surface area contributed by atoms with Crippen molar-refractivity contribution in [3.8, 4) is 0 Å². The number of epoxide rings is 1. The van der Waals surface area contributed by atoms with Crippen molar-refractivity contribution in [2.45, 2.75) is 19.4 Å². The molecular weight excluding hydrogens is 296 g/mol. The Morgan fingerprint density at radius 2 is 1.87 bits per heavy atom. The lowest BCUT2D eigenvalue weighted by atomic mass is 10.0. The van der Waals surface area contributed by atoms with Gasteiger partial charge < -0.3 is 4.74 Å². The number of benzene rings is 1. The van der Waals surface area contributed by atoms with E-state index in [9.17, 15) is 9.59 Å². The summed E-state index contributed by atoms with van der Waals surface area (Å²) in [5.74, 6) is -1.51. The van der Waals surface area contributed by atoms with Gasteiger partial charge in [0.2, 0.25) is 0 Å². The van der Waals surface area contributed by atoms with Crippen molar-refractivity contribution in [3.63, 3.8) is 0 Å². The van der Waals surface area contributed by atoms with Crippen LogP contribution in [0.4, 0.5) is 0 Å². The Labute approximate surface area is 134 Å². The second kappa shape index (κ2) is 7.56. The number of carbonyl (C=O) groups excluding carboxylic acids is 2. The number of hydrogen-bond acceptors (Lipinski definition) is 5. The summed E-state index contributed by atoms with van der Waals surface area (Å²) >= 11 is 0. The molecular formula is C18H18O5. The van der Waals surface area contributed by atoms with Gasteiger partial charge in [-0.1, -0.05) is 43.5 Å². The van der Waals surface area contributed by atoms with Gasteiger partial charge in [0.05, 0.1) is 12.7 Å². The van der Waals surface area contributed by atoms with Crippen LogP contribution in [0.2, 0.25) is 0 Å². The van der Waals surface area contributed by atoms with Crippen molar-refractivity contribution in [1.29, 1.82) is 0 Å². The Kier molecular flexibility index (Phi) is 5.49. The summed E-state index contributed by atoms with van der Waals surface area (Å²) in [6.07, 6.45) is 3.76. The van der Waals surface area contributed by atoms with E-state index in [0.717, 1.165) is 11.1 Å². The van der Waals surface area contributed by atoms with Gasteiger partial charge in [-0.05, 0) is 24.1 Å². The summed E-state index contributed by atoms with van der Waals surface area (Å²) in [6.45, 7) is 9.22. The zero-order chi connectivity index (χ0) is 16.8. The molecule has 5 nitrogen and oxygen atoms in total. The third kappa shape index (κ3) is 4.93. The van der Waals surface area contributed by atoms with E-state index in [4.69, 9.17) is 4.74 Å². The molecule has 1 aromatic carbocycles. The highest BCUT2D eigenvalue weighted by Gasteiger charge is 2.28. The quantitative estimate of drug-likeness (QED) is 0.349. The van der Waals surface area contributed by atoms with Crippen LogP contribution in [0.15, 0.2) is 48.6 Å². The molecule has 1 aliphatic heterocycles. The molecule has 0 amide bonds. The van der Waals surface area contributed by atoms with Gasteiger partial charge in [-0.15, -0.1) is 0 Å². The first-order valence-corrected chi connectivity index (χ1v) is 7.13. The van der Waals surface area contributed by atoms with Gasteiger partial charge >= 0.3 is 11.9 Å². The number of carbonyl (C=O) groups is 2. The van der Waals surface area contributed by atoms with Crippen molar-refractivity contribution in [2.75, 3.05) is 6.61 Å². The van der Waals surface area contributed by atoms with Gasteiger partial charge in [-0.25, -0.2) is 19.4 Å². The first kappa shape index (κ1) is 16.7. The maximum Gasteiger partial charge on any atom is 0.382 e. The number of rotatable bonds is 6. The van der Waals surface area contributed by atoms with Crippen LogP contribution in [-0.4, -0.2) is 24.6 Å². The fraction of sp³-hybridized carbons (Fsp3) is 0.222. The van der Waals surface area contributed by atoms with Gasteiger partial charge in [-0.2, -0.15) is 0 Å². The highest BCUT2D eigenvalue weighted by Crippen LogP contribution is 2.23. The molecule has 2 rings (SSSR count). The molecule has 1 heterocycles. The minimum absolute atomic E-state index is 0.0125. The molecule has 0 aromatic heterocycles. The van der Waals surface area contributed by atoms with Crippen molar-refractivity contribution in [1.82, 2.24) is 0 Å². The largest absolute Gasteiger partial charge is 0.382 e. The molecule has 23 heavy (non-hydrogen) atoms. The topological polar surface area (TPSA) is 65.1 Å². The van der Waals surface area contributed by atoms with E-state index in [1.165, 1.54) is 6.92 Å². The summed E-state index contributed by atoms with van der Waals surface area (Å²) in [6, 6.07) is 7.48. The molecule has 0 aliphatic carbocycles. The van der Waals surface area contributed by atoms with Crippen molar-refractivity contribution >= 4 is 24.1 Å². The normalized spacial score (nSPS) is 16.4. The summed E-state index contributed by atoms with van der Waals surface area (Å²) in [4.78, 5) is 32.5. The molecule has 1 aliphatic rings. The fourth-order valence-electron chi connectivity index (χ4n) is 1.85. The minimum Gasteiger partial charge on any atom is -0.373 e. The molecule has 120 valence electrons. The number of hydrogen-bond donors (Lipinski definition) is 0. The second-order valence-electron chi connectivity index (χ2n) is 5.18. The van der Waals surface area contributed by atoms with Crippen LogP contribution in [0, 0.1) is 0 Å². The molecule has 0 bridgehead atoms. The Morgan fingerprint density at radius 3 is 2.43 bits per heavy atom. The van der Waals surface area contributed by atoms with E-state index in [2.05, 4.69) is 22.9 Å². The smallest absolute Gasteiger partial charge is 0.373 e. The second-order valence-corrected chi connectivity index (χ2v) is 5.18. The van der Waals surface area contributed by atoms with Gasteiger partial charge in [0, 0.05) is 17.6 Å². The summed E-state index contributed by atoms with van der Waals surface area (Å²) in [5.41, 5.74) is 2.21. The lowest BCUT2D eigenvalue weighted by Crippen LogP contribution is -2.14. The van der Waals surface area contributed by atoms with E-state index in [-0.39, 0.29) is 11.7 Å². The predicted octanol–water partition coefficient (Wildman–Crippen LogP) is 3.08. The Morgan fingerprint density at radius 1 is 1.26 bits per heavy atom. The Balaban J connectivity index is 2.16. The van der Waals surface area contributed by atoms with Crippen molar-refractivity contribution in [2.24, 2.45) is 0 Å². The molecule has 1 atom stereocenters. The van der Waals surface area contributed by atoms with Crippen LogP contribution in [0.3, 0.4) is 0 Å². The van der Waals surface area contributed by atoms with E-state index in [1.807, 2.05) is 24.3 Å². The maximum absolute atomic E-state index is 12.2. The Bertz CT molecular complexity index is 668. The lowest BCUT2D eigenvalue weighted by Gasteiger charge is -2.07. The zero-order valence-corrected chi connectivity index (χ0v) is 12.9. The van der Waals surface area contributed by atoms with Crippen LogP contribution in [0.5, 0.6) is 0 Å². The summed E-state index contributed by atoms with van der Waals surface area (Å²) < 4.78 is 5.16. The first-order valence-electron chi connectivity index (χ1n) is 7.13. The van der Waals surface area contributed by atoms with Crippen molar-refractivity contribution in [3.05, 3.63) is 59.7 Å². The maximum atomic E-state index is 12.2. The average molecular weight is 314 g/mol. The van der Waals surface area contributed by atoms with Gasteiger partial charge in [0.15, 0.2) is 0 Å². The van der Waals surface area contributed by atoms with E-state index >= 15 is 0 Å². The molecule has 0 N–H and O–H groups in total. The van der Waals surface area contributed by atoms with Crippen LogP contribution in [0.25, 0.3) is 12.2 Å². The monoisotopic (exact) mass is 314 g/mol. The highest BCUT2D eigenvalue weighted by molar-refractivity contribution is 5.95. The average Bonchev–Trinajstić information content (AvgIpc) is 3.36. The zero-order valence-electron chi connectivity index (χ0n) is 12.9. The van der Waals surface area contributed by atoms with Crippen LogP contribution in [-0.2, 0) is 24.1 Å². The molecule has 0 spiro atoms. The standard InChI is InChI=1S/C18H18O5/c1-4-13-7-5-6-8-14(13)9-15(10-16-11-21-16)18(20)23-22-17(19)12(2)3/h4-9,16H,1-2,10-11H2,3H3/b15-9+. The van der Waals surface area contributed by atoms with E-state index in [1.54, 1.807) is 12.2 Å². The lowest BCUT2D eigenvalue weighted by molar-refractivity contribution is -0.252. The molecule has 0 radical (unpaired) electrons. The predicted molar refractivity (Wildman–Crippen MR) is 85.9 cm³/mol. The minimum atomic E-state index is -0.785. The molecule has 1 aromatic rings. The molecule has 0 saturated carbocycles.